The van der Waals surface area contributed by atoms with Crippen molar-refractivity contribution in [1.29, 1.82) is 0 Å². The average Bonchev–Trinajstić information content (AvgIpc) is 2.67. The fourth-order valence-electron chi connectivity index (χ4n) is 1.90. The molecule has 0 spiro atoms. The minimum Gasteiger partial charge on any atom is -0.481 e. The Hall–Kier alpha value is -0.660. The molecule has 0 aromatic rings. The Morgan fingerprint density at radius 1 is 1.50 bits per heavy atom. The van der Waals surface area contributed by atoms with Crippen LogP contribution in [-0.2, 0) is 19.6 Å². The van der Waals surface area contributed by atoms with Crippen LogP contribution in [0.2, 0.25) is 0 Å². The summed E-state index contributed by atoms with van der Waals surface area (Å²) in [4.78, 5) is 10.7. The molecule has 1 heterocycles. The van der Waals surface area contributed by atoms with Crippen molar-refractivity contribution in [2.45, 2.75) is 45.3 Å². The Morgan fingerprint density at radius 3 is 2.61 bits per heavy atom. The first-order valence-electron chi connectivity index (χ1n) is 6.13. The van der Waals surface area contributed by atoms with Crippen molar-refractivity contribution in [2.24, 2.45) is 5.92 Å². The lowest BCUT2D eigenvalue weighted by Gasteiger charge is -2.21. The molecule has 6 nitrogen and oxygen atoms in total. The van der Waals surface area contributed by atoms with Gasteiger partial charge in [-0.15, -0.1) is 0 Å². The largest absolute Gasteiger partial charge is 0.481 e. The van der Waals surface area contributed by atoms with E-state index in [-0.39, 0.29) is 24.2 Å². The Kier molecular flexibility index (Phi) is 5.55. The van der Waals surface area contributed by atoms with Gasteiger partial charge in [0.05, 0.1) is 18.3 Å². The number of nitrogens with one attached hydrogen (secondary N) is 1. The van der Waals surface area contributed by atoms with Crippen LogP contribution in [0.25, 0.3) is 0 Å². The summed E-state index contributed by atoms with van der Waals surface area (Å²) in [6, 6.07) is -0.575. The van der Waals surface area contributed by atoms with E-state index in [0.717, 1.165) is 12.8 Å². The molecule has 1 saturated heterocycles. The van der Waals surface area contributed by atoms with Crippen LogP contribution in [0.5, 0.6) is 0 Å². The lowest BCUT2D eigenvalue weighted by atomic mass is 10.0. The van der Waals surface area contributed by atoms with Crippen LogP contribution in [0, 0.1) is 5.92 Å². The highest BCUT2D eigenvalue weighted by molar-refractivity contribution is 7.89. The highest BCUT2D eigenvalue weighted by Gasteiger charge is 2.27. The smallest absolute Gasteiger partial charge is 0.304 e. The van der Waals surface area contributed by atoms with E-state index < -0.39 is 22.0 Å². The van der Waals surface area contributed by atoms with Gasteiger partial charge in [-0.2, -0.15) is 0 Å². The van der Waals surface area contributed by atoms with Crippen molar-refractivity contribution in [2.75, 3.05) is 12.4 Å². The molecule has 0 bridgehead atoms. The summed E-state index contributed by atoms with van der Waals surface area (Å²) in [7, 11) is -3.49. The van der Waals surface area contributed by atoms with Gasteiger partial charge in [0.1, 0.15) is 0 Å². The molecule has 106 valence electrons. The summed E-state index contributed by atoms with van der Waals surface area (Å²) in [5.74, 6) is -1.16. The van der Waals surface area contributed by atoms with Gasteiger partial charge in [-0.05, 0) is 18.8 Å². The van der Waals surface area contributed by atoms with E-state index in [1.165, 1.54) is 0 Å². The first kappa shape index (κ1) is 15.4. The lowest BCUT2D eigenvalue weighted by molar-refractivity contribution is -0.137. The van der Waals surface area contributed by atoms with Crippen LogP contribution in [0.15, 0.2) is 0 Å². The van der Waals surface area contributed by atoms with Gasteiger partial charge in [-0.25, -0.2) is 13.1 Å². The van der Waals surface area contributed by atoms with E-state index in [2.05, 4.69) is 4.72 Å². The van der Waals surface area contributed by atoms with Crippen molar-refractivity contribution in [1.82, 2.24) is 4.72 Å². The molecular weight excluding hydrogens is 258 g/mol. The average molecular weight is 279 g/mol. The van der Waals surface area contributed by atoms with E-state index >= 15 is 0 Å². The first-order valence-corrected chi connectivity index (χ1v) is 7.79. The molecule has 0 amide bonds. The maximum Gasteiger partial charge on any atom is 0.304 e. The molecule has 7 heteroatoms. The van der Waals surface area contributed by atoms with Gasteiger partial charge in [-0.1, -0.05) is 13.8 Å². The SMILES string of the molecule is CC(C)C(CC(=O)O)NS(=O)(=O)CC1CCCO1. The second-order valence-electron chi connectivity index (χ2n) is 4.98. The zero-order chi connectivity index (χ0) is 13.8. The maximum absolute atomic E-state index is 11.9. The molecule has 0 aromatic heterocycles. The number of aliphatic carboxylic acids is 1. The minimum absolute atomic E-state index is 0.0691. The van der Waals surface area contributed by atoms with E-state index in [0.29, 0.717) is 6.61 Å². The van der Waals surface area contributed by atoms with Crippen molar-refractivity contribution in [3.63, 3.8) is 0 Å². The third kappa shape index (κ3) is 5.32. The van der Waals surface area contributed by atoms with Crippen LogP contribution in [0.4, 0.5) is 0 Å². The maximum atomic E-state index is 11.9. The molecule has 18 heavy (non-hydrogen) atoms. The van der Waals surface area contributed by atoms with Crippen molar-refractivity contribution in [3.8, 4) is 0 Å². The quantitative estimate of drug-likeness (QED) is 0.711. The Balaban J connectivity index is 2.57. The third-order valence-electron chi connectivity index (χ3n) is 2.96. The number of rotatable bonds is 7. The Labute approximate surface area is 108 Å². The summed E-state index contributed by atoms with van der Waals surface area (Å²) >= 11 is 0. The van der Waals surface area contributed by atoms with E-state index in [1.807, 2.05) is 0 Å². The molecule has 1 aliphatic rings. The number of sulfonamides is 1. The summed E-state index contributed by atoms with van der Waals surface area (Å²) in [5.41, 5.74) is 0. The summed E-state index contributed by atoms with van der Waals surface area (Å²) < 4.78 is 31.5. The second-order valence-corrected chi connectivity index (χ2v) is 6.78. The number of hydrogen-bond donors (Lipinski definition) is 2. The molecular formula is C11H21NO5S. The van der Waals surface area contributed by atoms with Crippen molar-refractivity contribution in [3.05, 3.63) is 0 Å². The standard InChI is InChI=1S/C11H21NO5S/c1-8(2)10(6-11(13)14)12-18(15,16)7-9-4-3-5-17-9/h8-10,12H,3-7H2,1-2H3,(H,13,14). The zero-order valence-corrected chi connectivity index (χ0v) is 11.6. The molecule has 0 radical (unpaired) electrons. The van der Waals surface area contributed by atoms with Crippen molar-refractivity contribution >= 4 is 16.0 Å². The highest BCUT2D eigenvalue weighted by Crippen LogP contribution is 2.15. The van der Waals surface area contributed by atoms with Crippen molar-refractivity contribution < 1.29 is 23.1 Å². The number of carbonyl (C=O) groups is 1. The summed E-state index contributed by atoms with van der Waals surface area (Å²) in [6.07, 6.45) is 1.15. The monoisotopic (exact) mass is 279 g/mol. The molecule has 0 aromatic carbocycles. The van der Waals surface area contributed by atoms with Crippen LogP contribution in [0.3, 0.4) is 0 Å². The van der Waals surface area contributed by atoms with E-state index in [4.69, 9.17) is 9.84 Å². The lowest BCUT2D eigenvalue weighted by Crippen LogP contribution is -2.43. The van der Waals surface area contributed by atoms with Gasteiger partial charge in [0, 0.05) is 12.6 Å². The molecule has 2 N–H and O–H groups in total. The zero-order valence-electron chi connectivity index (χ0n) is 10.8. The fraction of sp³-hybridized carbons (Fsp3) is 0.909. The van der Waals surface area contributed by atoms with Gasteiger partial charge in [0.2, 0.25) is 10.0 Å². The number of hydrogen-bond acceptors (Lipinski definition) is 4. The van der Waals surface area contributed by atoms with Gasteiger partial charge < -0.3 is 9.84 Å². The van der Waals surface area contributed by atoms with Crippen LogP contribution in [-0.4, -0.2) is 44.0 Å². The minimum atomic E-state index is -3.49. The van der Waals surface area contributed by atoms with Gasteiger partial charge in [-0.3, -0.25) is 4.79 Å². The van der Waals surface area contributed by atoms with Gasteiger partial charge in [0.25, 0.3) is 0 Å². The van der Waals surface area contributed by atoms with Crippen LogP contribution >= 0.6 is 0 Å². The number of carboxylic acids is 1. The molecule has 1 rings (SSSR count). The molecule has 1 fully saturated rings. The summed E-state index contributed by atoms with van der Waals surface area (Å²) in [5, 5.41) is 8.75. The van der Waals surface area contributed by atoms with Gasteiger partial charge in [0.15, 0.2) is 0 Å². The molecule has 2 unspecified atom stereocenters. The highest BCUT2D eigenvalue weighted by atomic mass is 32.2. The fourth-order valence-corrected chi connectivity index (χ4v) is 3.57. The third-order valence-corrected chi connectivity index (χ3v) is 4.43. The predicted molar refractivity (Wildman–Crippen MR) is 66.8 cm³/mol. The topological polar surface area (TPSA) is 92.7 Å². The van der Waals surface area contributed by atoms with Crippen LogP contribution < -0.4 is 4.72 Å². The second kappa shape index (κ2) is 6.49. The molecule has 0 aliphatic carbocycles. The van der Waals surface area contributed by atoms with Crippen LogP contribution in [0.1, 0.15) is 33.1 Å². The van der Waals surface area contributed by atoms with E-state index in [9.17, 15) is 13.2 Å². The normalized spacial score (nSPS) is 22.3. The molecule has 0 saturated carbocycles. The van der Waals surface area contributed by atoms with E-state index in [1.54, 1.807) is 13.8 Å². The molecule has 2 atom stereocenters. The van der Waals surface area contributed by atoms with Gasteiger partial charge >= 0.3 is 5.97 Å². The Bertz CT molecular complexity index is 373. The number of carboxylic acid groups (broad SMARTS) is 1. The summed E-state index contributed by atoms with van der Waals surface area (Å²) in [6.45, 7) is 4.19. The molecule has 1 aliphatic heterocycles. The first-order chi connectivity index (χ1) is 8.30. The number of ether oxygens (including phenoxy) is 1. The predicted octanol–water partition coefficient (Wildman–Crippen LogP) is 0.584. The Morgan fingerprint density at radius 2 is 2.17 bits per heavy atom.